The topological polar surface area (TPSA) is 50.2 Å². The summed E-state index contributed by atoms with van der Waals surface area (Å²) in [5.74, 6) is -0.762. The van der Waals surface area contributed by atoms with Crippen LogP contribution in [0, 0.1) is 0 Å². The number of aliphatic carboxylic acids is 1. The lowest BCUT2D eigenvalue weighted by Gasteiger charge is -2.28. The minimum absolute atomic E-state index is 0.555. The van der Waals surface area contributed by atoms with E-state index in [9.17, 15) is 9.90 Å². The number of hydrogen-bond acceptors (Lipinski definition) is 2. The van der Waals surface area contributed by atoms with Gasteiger partial charge in [0.25, 0.3) is 0 Å². The molecule has 3 nitrogen and oxygen atoms in total. The molecule has 0 aliphatic rings. The average molecular weight is 269 g/mol. The summed E-state index contributed by atoms with van der Waals surface area (Å²) in [6.45, 7) is 1.93. The highest BCUT2D eigenvalue weighted by atomic mass is 16.4. The predicted molar refractivity (Wildman–Crippen MR) is 78.6 cm³/mol. The molecule has 0 aliphatic carbocycles. The molecule has 0 radical (unpaired) electrons. The van der Waals surface area contributed by atoms with Crippen LogP contribution in [0.2, 0.25) is 0 Å². The number of carbonyl (C=O) groups is 1. The summed E-state index contributed by atoms with van der Waals surface area (Å²) in [7, 11) is 0. The van der Waals surface area contributed by atoms with Gasteiger partial charge in [0, 0.05) is 11.9 Å². The van der Waals surface area contributed by atoms with Gasteiger partial charge in [0.05, 0.1) is 5.41 Å². The Kier molecular flexibility index (Phi) is 4.51. The Labute approximate surface area is 119 Å². The van der Waals surface area contributed by atoms with Gasteiger partial charge < -0.3 is 5.11 Å². The van der Waals surface area contributed by atoms with Crippen LogP contribution in [0.25, 0.3) is 0 Å². The number of hydrogen-bond donors (Lipinski definition) is 1. The molecule has 1 unspecified atom stereocenters. The number of pyridine rings is 1. The first-order valence-electron chi connectivity index (χ1n) is 6.88. The Bertz CT molecular complexity index is 554. The molecule has 1 aromatic carbocycles. The summed E-state index contributed by atoms with van der Waals surface area (Å²) in [6.07, 6.45) is 3.53. The van der Waals surface area contributed by atoms with E-state index in [0.29, 0.717) is 19.3 Å². The summed E-state index contributed by atoms with van der Waals surface area (Å²) in [4.78, 5) is 16.1. The molecule has 20 heavy (non-hydrogen) atoms. The van der Waals surface area contributed by atoms with Crippen molar-refractivity contribution < 1.29 is 9.90 Å². The summed E-state index contributed by atoms with van der Waals surface area (Å²) in [6, 6.07) is 15.2. The average Bonchev–Trinajstić information content (AvgIpc) is 2.50. The summed E-state index contributed by atoms with van der Waals surface area (Å²) in [5, 5.41) is 9.73. The van der Waals surface area contributed by atoms with E-state index in [1.54, 1.807) is 6.20 Å². The van der Waals surface area contributed by atoms with E-state index in [0.717, 1.165) is 11.3 Å². The molecule has 1 aromatic heterocycles. The molecule has 0 saturated heterocycles. The standard InChI is InChI=1S/C17H19NO2/c1-2-17(16(19)20,14-8-4-3-5-9-14)12-11-15-10-6-7-13-18-15/h3-10,13H,2,11-12H2,1H3,(H,19,20). The lowest BCUT2D eigenvalue weighted by Crippen LogP contribution is -2.35. The fourth-order valence-electron chi connectivity index (χ4n) is 2.55. The van der Waals surface area contributed by atoms with E-state index in [2.05, 4.69) is 4.98 Å². The number of benzene rings is 1. The molecule has 0 bridgehead atoms. The Hall–Kier alpha value is -2.16. The third-order valence-electron chi connectivity index (χ3n) is 3.87. The highest BCUT2D eigenvalue weighted by Gasteiger charge is 2.38. The SMILES string of the molecule is CCC(CCc1ccccn1)(C(=O)O)c1ccccc1. The predicted octanol–water partition coefficient (Wildman–Crippen LogP) is 3.45. The minimum Gasteiger partial charge on any atom is -0.481 e. The van der Waals surface area contributed by atoms with Crippen molar-refractivity contribution in [1.29, 1.82) is 0 Å². The fourth-order valence-corrected chi connectivity index (χ4v) is 2.55. The second-order valence-corrected chi connectivity index (χ2v) is 4.93. The van der Waals surface area contributed by atoms with Gasteiger partial charge in [-0.2, -0.15) is 0 Å². The third kappa shape index (κ3) is 2.87. The molecular formula is C17H19NO2. The molecule has 2 rings (SSSR count). The lowest BCUT2D eigenvalue weighted by molar-refractivity contribution is -0.144. The maximum Gasteiger partial charge on any atom is 0.314 e. The third-order valence-corrected chi connectivity index (χ3v) is 3.87. The molecule has 0 saturated carbocycles. The second-order valence-electron chi connectivity index (χ2n) is 4.93. The van der Waals surface area contributed by atoms with E-state index in [4.69, 9.17) is 0 Å². The van der Waals surface area contributed by atoms with Crippen LogP contribution in [-0.4, -0.2) is 16.1 Å². The number of rotatable bonds is 6. The van der Waals surface area contributed by atoms with Crippen molar-refractivity contribution in [3.05, 3.63) is 66.0 Å². The summed E-state index contributed by atoms with van der Waals surface area (Å²) >= 11 is 0. The first kappa shape index (κ1) is 14.3. The van der Waals surface area contributed by atoms with Crippen LogP contribution in [0.4, 0.5) is 0 Å². The van der Waals surface area contributed by atoms with E-state index < -0.39 is 11.4 Å². The smallest absolute Gasteiger partial charge is 0.314 e. The van der Waals surface area contributed by atoms with Gasteiger partial charge in [-0.1, -0.05) is 43.3 Å². The van der Waals surface area contributed by atoms with Crippen molar-refractivity contribution in [2.24, 2.45) is 0 Å². The van der Waals surface area contributed by atoms with Crippen LogP contribution in [0.5, 0.6) is 0 Å². The van der Waals surface area contributed by atoms with Gasteiger partial charge in [0.1, 0.15) is 0 Å². The number of aromatic nitrogens is 1. The number of aryl methyl sites for hydroxylation is 1. The zero-order valence-corrected chi connectivity index (χ0v) is 11.6. The van der Waals surface area contributed by atoms with Crippen LogP contribution in [0.3, 0.4) is 0 Å². The van der Waals surface area contributed by atoms with Gasteiger partial charge in [-0.25, -0.2) is 0 Å². The lowest BCUT2D eigenvalue weighted by atomic mass is 9.74. The molecule has 0 amide bonds. The highest BCUT2D eigenvalue weighted by molar-refractivity contribution is 5.81. The van der Waals surface area contributed by atoms with Crippen LogP contribution >= 0.6 is 0 Å². The van der Waals surface area contributed by atoms with E-state index in [-0.39, 0.29) is 0 Å². The van der Waals surface area contributed by atoms with E-state index >= 15 is 0 Å². The molecule has 2 aromatic rings. The molecule has 1 N–H and O–H groups in total. The van der Waals surface area contributed by atoms with E-state index in [1.807, 2.05) is 55.5 Å². The quantitative estimate of drug-likeness (QED) is 0.873. The fraction of sp³-hybridized carbons (Fsp3) is 0.294. The van der Waals surface area contributed by atoms with Crippen molar-refractivity contribution >= 4 is 5.97 Å². The number of carboxylic acid groups (broad SMARTS) is 1. The Morgan fingerprint density at radius 2 is 1.85 bits per heavy atom. The summed E-state index contributed by atoms with van der Waals surface area (Å²) < 4.78 is 0. The van der Waals surface area contributed by atoms with Gasteiger partial charge in [0.15, 0.2) is 0 Å². The zero-order chi connectivity index (χ0) is 14.4. The Morgan fingerprint density at radius 1 is 1.15 bits per heavy atom. The molecule has 3 heteroatoms. The van der Waals surface area contributed by atoms with Gasteiger partial charge in [0.2, 0.25) is 0 Å². The van der Waals surface area contributed by atoms with Gasteiger partial charge >= 0.3 is 5.97 Å². The summed E-state index contributed by atoms with van der Waals surface area (Å²) in [5.41, 5.74) is 0.965. The van der Waals surface area contributed by atoms with Crippen LogP contribution in [0.15, 0.2) is 54.7 Å². The normalized spacial score (nSPS) is 13.7. The molecule has 0 spiro atoms. The van der Waals surface area contributed by atoms with Gasteiger partial charge in [-0.15, -0.1) is 0 Å². The van der Waals surface area contributed by atoms with Crippen LogP contribution < -0.4 is 0 Å². The molecule has 104 valence electrons. The van der Waals surface area contributed by atoms with Crippen molar-refractivity contribution in [1.82, 2.24) is 4.98 Å². The van der Waals surface area contributed by atoms with Crippen molar-refractivity contribution in [3.8, 4) is 0 Å². The highest BCUT2D eigenvalue weighted by Crippen LogP contribution is 2.33. The van der Waals surface area contributed by atoms with Crippen LogP contribution in [0.1, 0.15) is 31.0 Å². The number of carboxylic acids is 1. The maximum absolute atomic E-state index is 11.9. The van der Waals surface area contributed by atoms with E-state index in [1.165, 1.54) is 0 Å². The largest absolute Gasteiger partial charge is 0.481 e. The molecule has 0 fully saturated rings. The number of nitrogens with zero attached hydrogens (tertiary/aromatic N) is 1. The first-order valence-corrected chi connectivity index (χ1v) is 6.88. The Balaban J connectivity index is 2.26. The second kappa shape index (κ2) is 6.33. The maximum atomic E-state index is 11.9. The van der Waals surface area contributed by atoms with Crippen molar-refractivity contribution in [2.75, 3.05) is 0 Å². The van der Waals surface area contributed by atoms with Gasteiger partial charge in [-0.3, -0.25) is 9.78 Å². The van der Waals surface area contributed by atoms with Gasteiger partial charge in [-0.05, 0) is 37.0 Å². The van der Waals surface area contributed by atoms with Crippen molar-refractivity contribution in [2.45, 2.75) is 31.6 Å². The van der Waals surface area contributed by atoms with Crippen molar-refractivity contribution in [3.63, 3.8) is 0 Å². The molecule has 0 aliphatic heterocycles. The minimum atomic E-state index is -0.835. The zero-order valence-electron chi connectivity index (χ0n) is 11.6. The first-order chi connectivity index (χ1) is 9.69. The molecule has 1 heterocycles. The molecule has 1 atom stereocenters. The van der Waals surface area contributed by atoms with Crippen LogP contribution in [-0.2, 0) is 16.6 Å². The Morgan fingerprint density at radius 3 is 2.40 bits per heavy atom. The molecular weight excluding hydrogens is 250 g/mol. The monoisotopic (exact) mass is 269 g/mol.